The van der Waals surface area contributed by atoms with E-state index in [-0.39, 0.29) is 24.5 Å². The van der Waals surface area contributed by atoms with Crippen LogP contribution in [-0.2, 0) is 10.0 Å². The molecule has 146 valence electrons. The van der Waals surface area contributed by atoms with E-state index < -0.39 is 10.0 Å². The van der Waals surface area contributed by atoms with E-state index in [1.807, 2.05) is 49.4 Å². The maximum Gasteiger partial charge on any atom is 0.215 e. The van der Waals surface area contributed by atoms with Gasteiger partial charge >= 0.3 is 0 Å². The normalized spacial score (nSPS) is 20.2. The van der Waals surface area contributed by atoms with E-state index in [0.29, 0.717) is 11.6 Å². The Hall–Kier alpha value is -2.12. The standard InChI is InChI=1S/C20H26N2O4S/c1-16-7-12-20(21-15-16)26-19-10-8-17(9-11-19)22-27(23,24)14-13-25-18-5-3-2-4-6-18/h2-7,12,15,17,19,22H,8-11,13-14H2,1H3. The zero-order valence-electron chi connectivity index (χ0n) is 15.5. The van der Waals surface area contributed by atoms with E-state index in [1.54, 1.807) is 6.20 Å². The molecule has 0 atom stereocenters. The Morgan fingerprint density at radius 2 is 1.81 bits per heavy atom. The van der Waals surface area contributed by atoms with E-state index in [0.717, 1.165) is 31.2 Å². The van der Waals surface area contributed by atoms with Gasteiger partial charge in [-0.05, 0) is 50.3 Å². The number of aryl methyl sites for hydroxylation is 1. The van der Waals surface area contributed by atoms with E-state index >= 15 is 0 Å². The second-order valence-corrected chi connectivity index (χ2v) is 8.74. The molecular weight excluding hydrogens is 364 g/mol. The summed E-state index contributed by atoms with van der Waals surface area (Å²) in [5, 5.41) is 0. The average Bonchev–Trinajstić information content (AvgIpc) is 2.66. The molecule has 1 aromatic carbocycles. The van der Waals surface area contributed by atoms with Crippen molar-refractivity contribution in [2.24, 2.45) is 0 Å². The van der Waals surface area contributed by atoms with Crippen LogP contribution in [0.4, 0.5) is 0 Å². The van der Waals surface area contributed by atoms with Gasteiger partial charge in [-0.1, -0.05) is 24.3 Å². The Morgan fingerprint density at radius 1 is 1.07 bits per heavy atom. The van der Waals surface area contributed by atoms with Crippen LogP contribution in [0.25, 0.3) is 0 Å². The van der Waals surface area contributed by atoms with Gasteiger partial charge in [0.25, 0.3) is 0 Å². The molecule has 0 spiro atoms. The summed E-state index contributed by atoms with van der Waals surface area (Å²) < 4.78 is 38.7. The number of hydrogen-bond acceptors (Lipinski definition) is 5. The van der Waals surface area contributed by atoms with Crippen LogP contribution < -0.4 is 14.2 Å². The molecule has 1 saturated carbocycles. The van der Waals surface area contributed by atoms with Crippen molar-refractivity contribution in [1.29, 1.82) is 0 Å². The molecule has 2 aromatic rings. The van der Waals surface area contributed by atoms with Crippen LogP contribution in [0.2, 0.25) is 0 Å². The van der Waals surface area contributed by atoms with Gasteiger partial charge in [-0.3, -0.25) is 0 Å². The highest BCUT2D eigenvalue weighted by Gasteiger charge is 2.26. The highest BCUT2D eigenvalue weighted by Crippen LogP contribution is 2.23. The second kappa shape index (κ2) is 9.19. The minimum absolute atomic E-state index is 0.0439. The van der Waals surface area contributed by atoms with E-state index in [2.05, 4.69) is 9.71 Å². The summed E-state index contributed by atoms with van der Waals surface area (Å²) in [5.74, 6) is 1.25. The van der Waals surface area contributed by atoms with Crippen LogP contribution in [-0.4, -0.2) is 37.9 Å². The van der Waals surface area contributed by atoms with E-state index in [4.69, 9.17) is 9.47 Å². The molecule has 0 aliphatic heterocycles. The van der Waals surface area contributed by atoms with Gasteiger partial charge in [0.05, 0.1) is 5.75 Å². The number of nitrogens with one attached hydrogen (secondary N) is 1. The Balaban J connectivity index is 1.39. The topological polar surface area (TPSA) is 77.5 Å². The molecule has 1 aliphatic carbocycles. The first-order valence-electron chi connectivity index (χ1n) is 9.27. The quantitative estimate of drug-likeness (QED) is 0.749. The molecule has 0 radical (unpaired) electrons. The van der Waals surface area contributed by atoms with Crippen molar-refractivity contribution in [3.63, 3.8) is 0 Å². The Morgan fingerprint density at radius 3 is 2.48 bits per heavy atom. The molecule has 0 unspecified atom stereocenters. The molecule has 6 nitrogen and oxygen atoms in total. The number of sulfonamides is 1. The molecule has 1 aromatic heterocycles. The van der Waals surface area contributed by atoms with Crippen molar-refractivity contribution >= 4 is 10.0 Å². The number of nitrogens with zero attached hydrogens (tertiary/aromatic N) is 1. The van der Waals surface area contributed by atoms with Crippen LogP contribution in [0, 0.1) is 6.92 Å². The van der Waals surface area contributed by atoms with Crippen molar-refractivity contribution in [3.8, 4) is 11.6 Å². The molecule has 0 bridgehead atoms. The number of pyridine rings is 1. The smallest absolute Gasteiger partial charge is 0.215 e. The average molecular weight is 391 g/mol. The Kier molecular flexibility index (Phi) is 6.68. The summed E-state index contributed by atoms with van der Waals surface area (Å²) in [6.45, 7) is 2.12. The van der Waals surface area contributed by atoms with Crippen LogP contribution in [0.1, 0.15) is 31.2 Å². The maximum absolute atomic E-state index is 12.3. The van der Waals surface area contributed by atoms with Gasteiger partial charge in [-0.15, -0.1) is 0 Å². The summed E-state index contributed by atoms with van der Waals surface area (Å²) in [7, 11) is -3.36. The molecule has 7 heteroatoms. The van der Waals surface area contributed by atoms with Crippen molar-refractivity contribution in [2.75, 3.05) is 12.4 Å². The lowest BCUT2D eigenvalue weighted by atomic mass is 9.94. The highest BCUT2D eigenvalue weighted by molar-refractivity contribution is 7.89. The van der Waals surface area contributed by atoms with Gasteiger partial charge in [0.2, 0.25) is 15.9 Å². The van der Waals surface area contributed by atoms with Crippen molar-refractivity contribution < 1.29 is 17.9 Å². The molecular formula is C20H26N2O4S. The van der Waals surface area contributed by atoms with Gasteiger partial charge in [0, 0.05) is 18.3 Å². The van der Waals surface area contributed by atoms with Gasteiger partial charge in [0.15, 0.2) is 0 Å². The number of aromatic nitrogens is 1. The second-order valence-electron chi connectivity index (χ2n) is 6.86. The summed E-state index contributed by atoms with van der Waals surface area (Å²) in [5.41, 5.74) is 1.09. The fraction of sp³-hybridized carbons (Fsp3) is 0.450. The summed E-state index contributed by atoms with van der Waals surface area (Å²) >= 11 is 0. The first-order valence-corrected chi connectivity index (χ1v) is 10.9. The van der Waals surface area contributed by atoms with E-state index in [1.165, 1.54) is 0 Å². The molecule has 27 heavy (non-hydrogen) atoms. The van der Waals surface area contributed by atoms with Gasteiger partial charge < -0.3 is 9.47 Å². The fourth-order valence-corrected chi connectivity index (χ4v) is 4.26. The predicted octanol–water partition coefficient (Wildman–Crippen LogP) is 3.08. The van der Waals surface area contributed by atoms with Crippen molar-refractivity contribution in [3.05, 3.63) is 54.2 Å². The molecule has 3 rings (SSSR count). The third-order valence-corrected chi connectivity index (χ3v) is 5.95. The molecule has 0 amide bonds. The summed E-state index contributed by atoms with van der Waals surface area (Å²) in [6.07, 6.45) is 5.01. The molecule has 1 fully saturated rings. The van der Waals surface area contributed by atoms with Crippen LogP contribution in [0.3, 0.4) is 0 Å². The minimum atomic E-state index is -3.36. The summed E-state index contributed by atoms with van der Waals surface area (Å²) in [4.78, 5) is 4.26. The summed E-state index contributed by atoms with van der Waals surface area (Å²) in [6, 6.07) is 13.0. The zero-order valence-corrected chi connectivity index (χ0v) is 16.3. The van der Waals surface area contributed by atoms with Gasteiger partial charge in [-0.25, -0.2) is 18.1 Å². The van der Waals surface area contributed by atoms with Gasteiger partial charge in [0.1, 0.15) is 18.5 Å². The van der Waals surface area contributed by atoms with Crippen LogP contribution in [0.5, 0.6) is 11.6 Å². The Labute approximate surface area is 161 Å². The molecule has 1 N–H and O–H groups in total. The zero-order chi connectivity index (χ0) is 19.1. The van der Waals surface area contributed by atoms with Crippen LogP contribution >= 0.6 is 0 Å². The number of benzene rings is 1. The lowest BCUT2D eigenvalue weighted by molar-refractivity contribution is 0.138. The third-order valence-electron chi connectivity index (χ3n) is 4.56. The SMILES string of the molecule is Cc1ccc(OC2CCC(NS(=O)(=O)CCOc3ccccc3)CC2)nc1. The van der Waals surface area contributed by atoms with Crippen molar-refractivity contribution in [2.45, 2.75) is 44.8 Å². The molecule has 1 heterocycles. The lowest BCUT2D eigenvalue weighted by Crippen LogP contribution is -2.41. The number of hydrogen-bond donors (Lipinski definition) is 1. The lowest BCUT2D eigenvalue weighted by Gasteiger charge is -2.29. The fourth-order valence-electron chi connectivity index (χ4n) is 3.09. The first-order chi connectivity index (χ1) is 13.0. The largest absolute Gasteiger partial charge is 0.492 e. The van der Waals surface area contributed by atoms with Gasteiger partial charge in [-0.2, -0.15) is 0 Å². The molecule has 1 aliphatic rings. The predicted molar refractivity (Wildman–Crippen MR) is 105 cm³/mol. The highest BCUT2D eigenvalue weighted by atomic mass is 32.2. The van der Waals surface area contributed by atoms with E-state index in [9.17, 15) is 8.42 Å². The maximum atomic E-state index is 12.3. The first kappa shape index (κ1) is 19.6. The molecule has 0 saturated heterocycles. The third kappa shape index (κ3) is 6.52. The number of ether oxygens (including phenoxy) is 2. The van der Waals surface area contributed by atoms with Crippen LogP contribution in [0.15, 0.2) is 48.7 Å². The van der Waals surface area contributed by atoms with Crippen molar-refractivity contribution in [1.82, 2.24) is 9.71 Å². The monoisotopic (exact) mass is 390 g/mol. The minimum Gasteiger partial charge on any atom is -0.492 e. The number of rotatable bonds is 8. The number of para-hydroxylation sites is 1. The Bertz CT molecular complexity index is 802.